The fraction of sp³-hybridized carbons (Fsp3) is 0.455. The summed E-state index contributed by atoms with van der Waals surface area (Å²) in [5.74, 6) is 0.599. The van der Waals surface area contributed by atoms with E-state index in [0.717, 1.165) is 16.6 Å². The molecule has 1 aromatic carbocycles. The molecule has 2 heterocycles. The van der Waals surface area contributed by atoms with Crippen LogP contribution in [0.15, 0.2) is 34.7 Å². The summed E-state index contributed by atoms with van der Waals surface area (Å²) in [4.78, 5) is 13.1. The lowest BCUT2D eigenvalue weighted by atomic mass is 9.92. The molecule has 3 rings (SSSR count). The van der Waals surface area contributed by atoms with Gasteiger partial charge in [-0.05, 0) is 26.8 Å². The van der Waals surface area contributed by atoms with Crippen LogP contribution in [0.1, 0.15) is 63.4 Å². The maximum absolute atomic E-state index is 13.1. The van der Waals surface area contributed by atoms with Gasteiger partial charge in [0.15, 0.2) is 5.76 Å². The van der Waals surface area contributed by atoms with Gasteiger partial charge in [-0.15, -0.1) is 0 Å². The lowest BCUT2D eigenvalue weighted by Gasteiger charge is -2.22. The molecule has 2 aromatic heterocycles. The molecule has 1 N–H and O–H groups in total. The lowest BCUT2D eigenvalue weighted by Crippen LogP contribution is -2.27. The third kappa shape index (κ3) is 3.83. The van der Waals surface area contributed by atoms with Crippen LogP contribution in [-0.4, -0.2) is 22.8 Å². The third-order valence-electron chi connectivity index (χ3n) is 4.55. The second-order valence-electron chi connectivity index (χ2n) is 9.04. The Kier molecular flexibility index (Phi) is 5.10. The lowest BCUT2D eigenvalue weighted by molar-refractivity contribution is 0.0990. The predicted octanol–water partition coefficient (Wildman–Crippen LogP) is 5.08. The molecule has 0 aliphatic heterocycles. The fourth-order valence-corrected chi connectivity index (χ4v) is 3.09. The molecule has 0 saturated heterocycles. The second kappa shape index (κ2) is 7.09. The minimum absolute atomic E-state index is 0.128. The predicted molar refractivity (Wildman–Crippen MR) is 111 cm³/mol. The van der Waals surface area contributed by atoms with E-state index >= 15 is 0 Å². The van der Waals surface area contributed by atoms with Gasteiger partial charge < -0.3 is 14.5 Å². The van der Waals surface area contributed by atoms with Crippen molar-refractivity contribution in [2.75, 3.05) is 12.4 Å². The second-order valence-corrected chi connectivity index (χ2v) is 9.04. The summed E-state index contributed by atoms with van der Waals surface area (Å²) < 4.78 is 13.0. The van der Waals surface area contributed by atoms with Crippen molar-refractivity contribution in [3.8, 4) is 0 Å². The van der Waals surface area contributed by atoms with Gasteiger partial charge in [-0.3, -0.25) is 4.79 Å². The summed E-state index contributed by atoms with van der Waals surface area (Å²) in [6.07, 6.45) is 0. The van der Waals surface area contributed by atoms with E-state index in [1.807, 2.05) is 35.0 Å². The standard InChI is InChI=1S/C22H29N3O3/c1-21(2,3)17-12-18(25(24-17)22(4,5)6)23-20(26)19-15(13-27-7)14-10-8-9-11-16(14)28-19/h8-12H,13H2,1-7H3,(H,23,26). The van der Waals surface area contributed by atoms with Crippen LogP contribution < -0.4 is 5.32 Å². The van der Waals surface area contributed by atoms with Gasteiger partial charge >= 0.3 is 0 Å². The summed E-state index contributed by atoms with van der Waals surface area (Å²) in [5.41, 5.74) is 1.92. The maximum Gasteiger partial charge on any atom is 0.292 e. The molecule has 28 heavy (non-hydrogen) atoms. The van der Waals surface area contributed by atoms with Crippen LogP contribution in [-0.2, 0) is 22.3 Å². The summed E-state index contributed by atoms with van der Waals surface area (Å²) in [7, 11) is 1.60. The van der Waals surface area contributed by atoms with Gasteiger partial charge in [0, 0.05) is 29.5 Å². The van der Waals surface area contributed by atoms with Crippen LogP contribution in [0.25, 0.3) is 11.0 Å². The number of amides is 1. The van der Waals surface area contributed by atoms with Crippen molar-refractivity contribution in [1.29, 1.82) is 0 Å². The van der Waals surface area contributed by atoms with Gasteiger partial charge in [0.05, 0.1) is 17.8 Å². The number of nitrogens with zero attached hydrogens (tertiary/aromatic N) is 2. The summed E-state index contributed by atoms with van der Waals surface area (Å²) in [6, 6.07) is 9.52. The molecule has 0 radical (unpaired) electrons. The third-order valence-corrected chi connectivity index (χ3v) is 4.55. The normalized spacial score (nSPS) is 12.5. The Morgan fingerprint density at radius 3 is 2.46 bits per heavy atom. The van der Waals surface area contributed by atoms with Crippen LogP contribution in [0.5, 0.6) is 0 Å². The number of methoxy groups -OCH3 is 1. The summed E-state index contributed by atoms with van der Waals surface area (Å²) in [5, 5.41) is 8.63. The number of rotatable bonds is 4. The number of hydrogen-bond donors (Lipinski definition) is 1. The van der Waals surface area contributed by atoms with Crippen LogP contribution in [0.3, 0.4) is 0 Å². The van der Waals surface area contributed by atoms with E-state index in [1.165, 1.54) is 0 Å². The first-order valence-electron chi connectivity index (χ1n) is 9.44. The number of para-hydroxylation sites is 1. The van der Waals surface area contributed by atoms with E-state index in [-0.39, 0.29) is 22.6 Å². The van der Waals surface area contributed by atoms with Crippen molar-refractivity contribution < 1.29 is 13.9 Å². The number of carbonyl (C=O) groups is 1. The Hall–Kier alpha value is -2.60. The quantitative estimate of drug-likeness (QED) is 0.682. The van der Waals surface area contributed by atoms with E-state index in [4.69, 9.17) is 14.3 Å². The largest absolute Gasteiger partial charge is 0.451 e. The Balaban J connectivity index is 2.03. The SMILES string of the molecule is COCc1c(C(=O)Nc2cc(C(C)(C)C)nn2C(C)(C)C)oc2ccccc12. The van der Waals surface area contributed by atoms with E-state index in [9.17, 15) is 4.79 Å². The highest BCUT2D eigenvalue weighted by atomic mass is 16.5. The zero-order chi connectivity index (χ0) is 20.7. The van der Waals surface area contributed by atoms with Crippen molar-refractivity contribution in [2.45, 2.75) is 59.1 Å². The van der Waals surface area contributed by atoms with E-state index < -0.39 is 0 Å². The number of hydrogen-bond acceptors (Lipinski definition) is 4. The molecule has 0 fully saturated rings. The number of carbonyl (C=O) groups excluding carboxylic acids is 1. The number of benzene rings is 1. The minimum atomic E-state index is -0.311. The molecule has 150 valence electrons. The highest BCUT2D eigenvalue weighted by Crippen LogP contribution is 2.30. The van der Waals surface area contributed by atoms with Crippen molar-refractivity contribution in [2.24, 2.45) is 0 Å². The first kappa shape index (κ1) is 20.1. The number of ether oxygens (including phenoxy) is 1. The molecule has 0 atom stereocenters. The Bertz CT molecular complexity index is 1000. The molecular formula is C22H29N3O3. The minimum Gasteiger partial charge on any atom is -0.451 e. The zero-order valence-electron chi connectivity index (χ0n) is 17.7. The van der Waals surface area contributed by atoms with Crippen LogP contribution in [0.2, 0.25) is 0 Å². The monoisotopic (exact) mass is 383 g/mol. The van der Waals surface area contributed by atoms with Crippen LogP contribution in [0, 0.1) is 0 Å². The number of anilines is 1. The first-order valence-corrected chi connectivity index (χ1v) is 9.44. The molecule has 0 spiro atoms. The zero-order valence-corrected chi connectivity index (χ0v) is 17.7. The van der Waals surface area contributed by atoms with Crippen molar-refractivity contribution in [1.82, 2.24) is 9.78 Å². The molecule has 0 bridgehead atoms. The van der Waals surface area contributed by atoms with E-state index in [2.05, 4.69) is 46.9 Å². The van der Waals surface area contributed by atoms with Crippen LogP contribution in [0.4, 0.5) is 5.82 Å². The Morgan fingerprint density at radius 1 is 1.18 bits per heavy atom. The highest BCUT2D eigenvalue weighted by Gasteiger charge is 2.27. The van der Waals surface area contributed by atoms with Gasteiger partial charge in [0.25, 0.3) is 5.91 Å². The summed E-state index contributed by atoms with van der Waals surface area (Å²) in [6.45, 7) is 12.8. The molecule has 0 saturated carbocycles. The number of aromatic nitrogens is 2. The molecular weight excluding hydrogens is 354 g/mol. The topological polar surface area (TPSA) is 69.3 Å². The van der Waals surface area contributed by atoms with E-state index in [1.54, 1.807) is 7.11 Å². The van der Waals surface area contributed by atoms with Crippen LogP contribution >= 0.6 is 0 Å². The molecule has 3 aromatic rings. The molecule has 0 aliphatic carbocycles. The summed E-state index contributed by atoms with van der Waals surface area (Å²) >= 11 is 0. The highest BCUT2D eigenvalue weighted by molar-refractivity contribution is 6.06. The Morgan fingerprint density at radius 2 is 1.86 bits per heavy atom. The van der Waals surface area contributed by atoms with Crippen molar-refractivity contribution in [3.63, 3.8) is 0 Å². The van der Waals surface area contributed by atoms with Gasteiger partial charge in [0.1, 0.15) is 11.4 Å². The van der Waals surface area contributed by atoms with Gasteiger partial charge in [0.2, 0.25) is 0 Å². The molecule has 1 amide bonds. The average Bonchev–Trinajstić information content (AvgIpc) is 3.17. The smallest absolute Gasteiger partial charge is 0.292 e. The first-order chi connectivity index (χ1) is 13.0. The molecule has 0 unspecified atom stereocenters. The van der Waals surface area contributed by atoms with Gasteiger partial charge in [-0.2, -0.15) is 5.10 Å². The maximum atomic E-state index is 13.1. The molecule has 0 aliphatic rings. The van der Waals surface area contributed by atoms with E-state index in [0.29, 0.717) is 18.0 Å². The number of fused-ring (bicyclic) bond motifs is 1. The number of nitrogens with one attached hydrogen (secondary N) is 1. The average molecular weight is 383 g/mol. The van der Waals surface area contributed by atoms with Gasteiger partial charge in [-0.1, -0.05) is 39.0 Å². The Labute approximate surface area is 165 Å². The molecule has 6 nitrogen and oxygen atoms in total. The van der Waals surface area contributed by atoms with Crippen molar-refractivity contribution in [3.05, 3.63) is 47.3 Å². The molecule has 6 heteroatoms. The fourth-order valence-electron chi connectivity index (χ4n) is 3.09. The van der Waals surface area contributed by atoms with Crippen molar-refractivity contribution >= 4 is 22.7 Å². The van der Waals surface area contributed by atoms with Gasteiger partial charge in [-0.25, -0.2) is 4.68 Å². The number of furan rings is 1.